The minimum Gasteiger partial charge on any atom is -0.443 e. The summed E-state index contributed by atoms with van der Waals surface area (Å²) >= 11 is 0. The van der Waals surface area contributed by atoms with Crippen molar-refractivity contribution in [2.75, 3.05) is 5.32 Å². The molecule has 7 nitrogen and oxygen atoms in total. The van der Waals surface area contributed by atoms with Gasteiger partial charge in [-0.1, -0.05) is 6.07 Å². The molecular formula is C16H10N4O3. The van der Waals surface area contributed by atoms with Crippen molar-refractivity contribution in [1.82, 2.24) is 10.3 Å². The number of imide groups is 1. The monoisotopic (exact) mass is 306 g/mol. The van der Waals surface area contributed by atoms with E-state index in [9.17, 15) is 9.59 Å². The summed E-state index contributed by atoms with van der Waals surface area (Å²) in [6, 6.07) is 12.3. The molecule has 112 valence electrons. The number of amides is 3. The lowest BCUT2D eigenvalue weighted by Crippen LogP contribution is -2.34. The van der Waals surface area contributed by atoms with Gasteiger partial charge in [0.05, 0.1) is 11.6 Å². The van der Waals surface area contributed by atoms with Crippen LogP contribution in [0, 0.1) is 11.3 Å². The number of oxazole rings is 1. The van der Waals surface area contributed by atoms with Crippen molar-refractivity contribution in [1.29, 1.82) is 5.26 Å². The maximum atomic E-state index is 12.0. The summed E-state index contributed by atoms with van der Waals surface area (Å²) in [6.45, 7) is 0. The van der Waals surface area contributed by atoms with Gasteiger partial charge < -0.3 is 9.73 Å². The molecule has 0 radical (unpaired) electrons. The van der Waals surface area contributed by atoms with Gasteiger partial charge in [0.1, 0.15) is 5.52 Å². The lowest BCUT2D eigenvalue weighted by atomic mass is 10.2. The molecule has 1 heterocycles. The molecule has 2 aromatic carbocycles. The molecular weight excluding hydrogens is 296 g/mol. The van der Waals surface area contributed by atoms with Crippen LogP contribution in [0.4, 0.5) is 10.5 Å². The van der Waals surface area contributed by atoms with Crippen LogP contribution in [-0.4, -0.2) is 16.9 Å². The summed E-state index contributed by atoms with van der Waals surface area (Å²) < 4.78 is 5.11. The van der Waals surface area contributed by atoms with Gasteiger partial charge in [0.25, 0.3) is 5.91 Å². The van der Waals surface area contributed by atoms with Crippen molar-refractivity contribution >= 4 is 28.7 Å². The van der Waals surface area contributed by atoms with Crippen LogP contribution in [0.2, 0.25) is 0 Å². The van der Waals surface area contributed by atoms with E-state index in [0.717, 1.165) is 0 Å². The van der Waals surface area contributed by atoms with E-state index in [1.807, 2.05) is 6.07 Å². The molecule has 23 heavy (non-hydrogen) atoms. The Morgan fingerprint density at radius 3 is 2.87 bits per heavy atom. The van der Waals surface area contributed by atoms with Gasteiger partial charge in [-0.25, -0.2) is 9.78 Å². The Labute approximate surface area is 130 Å². The number of nitrogens with zero attached hydrogens (tertiary/aromatic N) is 2. The largest absolute Gasteiger partial charge is 0.443 e. The fourth-order valence-corrected chi connectivity index (χ4v) is 2.00. The topological polar surface area (TPSA) is 108 Å². The third kappa shape index (κ3) is 3.16. The number of anilines is 1. The zero-order valence-electron chi connectivity index (χ0n) is 11.7. The molecule has 2 N–H and O–H groups in total. The second kappa shape index (κ2) is 5.99. The molecule has 1 aromatic heterocycles. The van der Waals surface area contributed by atoms with E-state index in [4.69, 9.17) is 9.68 Å². The van der Waals surface area contributed by atoms with Crippen LogP contribution in [0.5, 0.6) is 0 Å². The molecule has 0 fully saturated rings. The third-order valence-electron chi connectivity index (χ3n) is 3.07. The van der Waals surface area contributed by atoms with E-state index in [2.05, 4.69) is 15.6 Å². The molecule has 3 rings (SSSR count). The van der Waals surface area contributed by atoms with Crippen molar-refractivity contribution in [3.63, 3.8) is 0 Å². The fourth-order valence-electron chi connectivity index (χ4n) is 2.00. The molecule has 0 unspecified atom stereocenters. The number of benzene rings is 2. The lowest BCUT2D eigenvalue weighted by Gasteiger charge is -2.07. The maximum Gasteiger partial charge on any atom is 0.326 e. The highest BCUT2D eigenvalue weighted by Gasteiger charge is 2.12. The van der Waals surface area contributed by atoms with Gasteiger partial charge in [-0.05, 0) is 36.4 Å². The highest BCUT2D eigenvalue weighted by Crippen LogP contribution is 2.14. The zero-order valence-corrected chi connectivity index (χ0v) is 11.7. The number of aromatic nitrogens is 1. The molecule has 0 saturated carbocycles. The predicted octanol–water partition coefficient (Wildman–Crippen LogP) is 2.66. The third-order valence-corrected chi connectivity index (χ3v) is 3.07. The number of carbonyl (C=O) groups is 2. The van der Waals surface area contributed by atoms with E-state index in [0.29, 0.717) is 22.4 Å². The van der Waals surface area contributed by atoms with Crippen LogP contribution >= 0.6 is 0 Å². The average Bonchev–Trinajstić information content (AvgIpc) is 3.02. The summed E-state index contributed by atoms with van der Waals surface area (Å²) in [4.78, 5) is 27.8. The second-order valence-electron chi connectivity index (χ2n) is 4.64. The van der Waals surface area contributed by atoms with E-state index in [1.165, 1.54) is 18.5 Å². The molecule has 0 bridgehead atoms. The van der Waals surface area contributed by atoms with Gasteiger partial charge in [-0.3, -0.25) is 10.1 Å². The van der Waals surface area contributed by atoms with Crippen molar-refractivity contribution < 1.29 is 14.0 Å². The van der Waals surface area contributed by atoms with Gasteiger partial charge in [0.15, 0.2) is 12.0 Å². The highest BCUT2D eigenvalue weighted by molar-refractivity contribution is 6.08. The van der Waals surface area contributed by atoms with Crippen LogP contribution in [0.1, 0.15) is 15.9 Å². The lowest BCUT2D eigenvalue weighted by molar-refractivity contribution is 0.0967. The Hall–Kier alpha value is -3.66. The number of hydrogen-bond donors (Lipinski definition) is 2. The molecule has 0 aliphatic carbocycles. The van der Waals surface area contributed by atoms with Gasteiger partial charge >= 0.3 is 6.03 Å². The Kier molecular flexibility index (Phi) is 3.72. The zero-order chi connectivity index (χ0) is 16.2. The smallest absolute Gasteiger partial charge is 0.326 e. The number of hydrogen-bond acceptors (Lipinski definition) is 5. The number of nitrogens with one attached hydrogen (secondary N) is 2. The SMILES string of the molecule is N#Cc1cccc(NC(=O)NC(=O)c2ccc3ncoc3c2)c1. The van der Waals surface area contributed by atoms with Crippen molar-refractivity contribution in [2.24, 2.45) is 0 Å². The van der Waals surface area contributed by atoms with Gasteiger partial charge in [0.2, 0.25) is 0 Å². The first-order valence-electron chi connectivity index (χ1n) is 6.61. The van der Waals surface area contributed by atoms with Crippen molar-refractivity contribution in [2.45, 2.75) is 0 Å². The first-order chi connectivity index (χ1) is 11.2. The van der Waals surface area contributed by atoms with Gasteiger partial charge in [0, 0.05) is 11.3 Å². The van der Waals surface area contributed by atoms with Crippen LogP contribution in [-0.2, 0) is 0 Å². The van der Waals surface area contributed by atoms with Crippen LogP contribution < -0.4 is 10.6 Å². The first-order valence-corrected chi connectivity index (χ1v) is 6.61. The van der Waals surface area contributed by atoms with Gasteiger partial charge in [-0.2, -0.15) is 5.26 Å². The maximum absolute atomic E-state index is 12.0. The standard InChI is InChI=1S/C16H10N4O3/c17-8-10-2-1-3-12(6-10)19-16(22)20-15(21)11-4-5-13-14(7-11)23-9-18-13/h1-7,9H,(H2,19,20,21,22). The van der Waals surface area contributed by atoms with Crippen LogP contribution in [0.25, 0.3) is 11.1 Å². The molecule has 0 aliphatic heterocycles. The predicted molar refractivity (Wildman–Crippen MR) is 81.7 cm³/mol. The van der Waals surface area contributed by atoms with Crippen LogP contribution in [0.3, 0.4) is 0 Å². The van der Waals surface area contributed by atoms with E-state index in [1.54, 1.807) is 30.3 Å². The number of rotatable bonds is 2. The second-order valence-corrected chi connectivity index (χ2v) is 4.64. The fraction of sp³-hybridized carbons (Fsp3) is 0. The molecule has 3 aromatic rings. The minimum atomic E-state index is -0.692. The van der Waals surface area contributed by atoms with Crippen LogP contribution in [0.15, 0.2) is 53.3 Å². The average molecular weight is 306 g/mol. The molecule has 0 atom stereocenters. The van der Waals surface area contributed by atoms with E-state index >= 15 is 0 Å². The molecule has 7 heteroatoms. The Morgan fingerprint density at radius 1 is 1.17 bits per heavy atom. The normalized spacial score (nSPS) is 10.0. The summed E-state index contributed by atoms with van der Waals surface area (Å²) in [7, 11) is 0. The highest BCUT2D eigenvalue weighted by atomic mass is 16.3. The molecule has 0 spiro atoms. The quantitative estimate of drug-likeness (QED) is 0.756. The summed E-state index contributed by atoms with van der Waals surface area (Å²) in [5.74, 6) is -0.572. The summed E-state index contributed by atoms with van der Waals surface area (Å²) in [5, 5.41) is 13.5. The molecule has 3 amide bonds. The molecule has 0 aliphatic rings. The van der Waals surface area contributed by atoms with E-state index in [-0.39, 0.29) is 5.56 Å². The number of carbonyl (C=O) groups excluding carboxylic acids is 2. The summed E-state index contributed by atoms with van der Waals surface area (Å²) in [6.07, 6.45) is 1.28. The Balaban J connectivity index is 1.69. The Morgan fingerprint density at radius 2 is 2.04 bits per heavy atom. The Bertz CT molecular complexity index is 940. The molecule has 0 saturated heterocycles. The van der Waals surface area contributed by atoms with Crippen molar-refractivity contribution in [3.8, 4) is 6.07 Å². The minimum absolute atomic E-state index is 0.273. The first kappa shape index (κ1) is 14.3. The van der Waals surface area contributed by atoms with Gasteiger partial charge in [-0.15, -0.1) is 0 Å². The van der Waals surface area contributed by atoms with E-state index < -0.39 is 11.9 Å². The summed E-state index contributed by atoms with van der Waals surface area (Å²) in [5.41, 5.74) is 2.18. The number of nitriles is 1. The van der Waals surface area contributed by atoms with Crippen molar-refractivity contribution in [3.05, 3.63) is 60.0 Å². The number of urea groups is 1. The number of fused-ring (bicyclic) bond motifs is 1.